The molecule has 4 bridgehead atoms. The molecule has 4 aliphatic rings. The number of aliphatic hydroxyl groups is 1. The van der Waals surface area contributed by atoms with Crippen LogP contribution in [0.5, 0.6) is 11.5 Å². The van der Waals surface area contributed by atoms with Gasteiger partial charge in [-0.3, -0.25) is 67.9 Å². The van der Waals surface area contributed by atoms with Gasteiger partial charge in [0.2, 0.25) is 17.7 Å². The van der Waals surface area contributed by atoms with E-state index in [9.17, 15) is 72.9 Å². The number of phenolic OH excluding ortho intramolecular Hbond substituents is 1. The Morgan fingerprint density at radius 2 is 1.52 bits per heavy atom. The molecule has 0 radical (unpaired) electrons. The maximum Gasteiger partial charge on any atom is 0.409 e. The van der Waals surface area contributed by atoms with Crippen molar-refractivity contribution in [3.05, 3.63) is 115 Å². The lowest BCUT2D eigenvalue weighted by molar-refractivity contribution is -0.161. The third-order valence-electron chi connectivity index (χ3n) is 22.9. The number of benzene rings is 2. The number of aliphatic carboxylic acids is 1. The van der Waals surface area contributed by atoms with Crippen molar-refractivity contribution >= 4 is 123 Å². The highest BCUT2D eigenvalue weighted by molar-refractivity contribution is 8.18. The molecule has 2 saturated heterocycles. The van der Waals surface area contributed by atoms with Gasteiger partial charge in [0.05, 0.1) is 36.8 Å². The molecule has 4 aliphatic heterocycles. The van der Waals surface area contributed by atoms with E-state index in [4.69, 9.17) is 40.0 Å². The van der Waals surface area contributed by atoms with Crippen LogP contribution in [0.3, 0.4) is 0 Å². The number of ketones is 2. The van der Waals surface area contributed by atoms with Gasteiger partial charge in [-0.25, -0.2) is 19.8 Å². The maximum absolute atomic E-state index is 15.0. The van der Waals surface area contributed by atoms with Gasteiger partial charge in [-0.05, 0) is 145 Å². The first-order valence-corrected chi connectivity index (χ1v) is 43.5. The summed E-state index contributed by atoms with van der Waals surface area (Å²) >= 11 is 10.5. The fraction of sp³-hybridized carbons (Fsp3) is 0.602. The molecule has 14 atom stereocenters. The number of alkyl carbamates (subject to hydrolysis) is 1. The van der Waals surface area contributed by atoms with Crippen LogP contribution in [0.25, 0.3) is 0 Å². The number of aromatic hydroxyl groups is 1. The van der Waals surface area contributed by atoms with Gasteiger partial charge >= 0.3 is 24.0 Å². The molecule has 0 spiro atoms. The molecule has 7 rings (SSSR count). The number of nitrogens with one attached hydrogen (secondary N) is 3. The van der Waals surface area contributed by atoms with Crippen molar-refractivity contribution in [3.8, 4) is 11.5 Å². The molecular weight excluding hydrogens is 1660 g/mol. The standard InChI is InChI=1S/C85H119ClN10O21S3.3CH4/c1-20-50(5)74(78(105)94(17)62(48(2)3)41-66(114-55(10)97)77-88-61(46-120-77)76(104)87-58(37-52(7)79(106)107)38-56-26-27-64(100)51(6)36-56)89-81(109)83(11,12)92(15)32-28-60(99)45-96-71(102)30-34-119-47-118-33-29-70(101)95(96)44-59(98)24-22-31-91(14)54(9)80(108)116-69-42-72(103)93(16)63-39-57(40-65(112-18)73(63)86)35-49(4)23-21-25-68(113-19)85(111)43-67(115-82(110)90-85)53(8)75-84(69,13)117-75;;;/h21,23,25-27,29-30,33-34,36,39-40,46,48,50,52-54,58,62,66-69,74-75,100,111H,20,22,24,28,31-32,35,37-38,41-45,47H2,1-19H3,(H,87,104)(H,89,109)(H,90,110)(H,106,107);3*1H4/b25-21+,33-29?,34-30?,49-23+;;;/t50-,52?,53+,54-,58+,62+,66+,67?,68+,69-,74-,75+,84-,85-;;;/m0.../s1. The first kappa shape index (κ1) is 107. The van der Waals surface area contributed by atoms with E-state index in [0.29, 0.717) is 34.9 Å². The molecule has 7 amide bonds. The number of thiazole rings is 1. The van der Waals surface area contributed by atoms with E-state index in [2.05, 4.69) is 20.9 Å². The monoisotopic (exact) mass is 1790 g/mol. The predicted molar refractivity (Wildman–Crippen MR) is 477 cm³/mol. The zero-order valence-electron chi connectivity index (χ0n) is 72.0. The van der Waals surface area contributed by atoms with Crippen molar-refractivity contribution in [3.63, 3.8) is 0 Å². The lowest BCUT2D eigenvalue weighted by Gasteiger charge is -2.42. The van der Waals surface area contributed by atoms with E-state index < -0.39 is 180 Å². The van der Waals surface area contributed by atoms with Crippen LogP contribution in [0.1, 0.15) is 195 Å². The summed E-state index contributed by atoms with van der Waals surface area (Å²) in [5.41, 5.74) is -1.34. The zero-order valence-corrected chi connectivity index (χ0v) is 75.2. The van der Waals surface area contributed by atoms with Gasteiger partial charge in [0, 0.05) is 101 Å². The highest BCUT2D eigenvalue weighted by Gasteiger charge is 2.65. The topological polar surface area (TPSA) is 393 Å². The average Bonchev–Trinajstić information content (AvgIpc) is 1.56. The van der Waals surface area contributed by atoms with Crippen LogP contribution in [0, 0.1) is 30.6 Å². The van der Waals surface area contributed by atoms with Gasteiger partial charge < -0.3 is 64.2 Å². The van der Waals surface area contributed by atoms with E-state index in [1.54, 1.807) is 123 Å². The number of nitrogens with zero attached hydrogens (tertiary/aromatic N) is 7. The largest absolute Gasteiger partial charge is 0.508 e. The number of thioether (sulfide) groups is 2. The van der Waals surface area contributed by atoms with Crippen molar-refractivity contribution in [1.29, 1.82) is 0 Å². The number of esters is 2. The van der Waals surface area contributed by atoms with E-state index in [1.807, 2.05) is 40.7 Å². The molecule has 2 fully saturated rings. The number of aromatic nitrogens is 1. The van der Waals surface area contributed by atoms with Crippen LogP contribution < -0.4 is 25.6 Å². The van der Waals surface area contributed by atoms with Crippen molar-refractivity contribution in [2.75, 3.05) is 78.6 Å². The van der Waals surface area contributed by atoms with Gasteiger partial charge in [0.1, 0.15) is 76.3 Å². The SMILES string of the molecule is C.C.C.CC[C@H](C)[C@H](NC(=O)C(C)(C)N(C)CCC(=O)CN1C(=O)C=CSCSC=CC(=O)N1CC(=O)CCCN(C)[C@@H](C)C(=O)O[C@H]1CC(=O)N(C)c2cc(cc(OC)c2Cl)C/C(C)=C/C=C/[C@@H](OC)[C@@]2(O)CC(OC(=O)N2)[C@@H](C)[C@H]2O[C@@]12C)C(=O)N(C)[C@H](C[C@@H](OC(C)=O)c1nc(C(=O)N[C@@H](Cc2ccc(O)c(C)c2)CC(C)C(=O)O)cs1)C(C)C. The highest BCUT2D eigenvalue weighted by Crippen LogP contribution is 2.50. The number of amides is 7. The summed E-state index contributed by atoms with van der Waals surface area (Å²) in [7, 11) is 9.26. The molecule has 6 N–H and O–H groups in total. The number of carboxylic acid groups (broad SMARTS) is 1. The summed E-state index contributed by atoms with van der Waals surface area (Å²) in [6.45, 7) is 21.0. The molecule has 5 heterocycles. The molecule has 0 saturated carbocycles. The molecule has 123 heavy (non-hydrogen) atoms. The van der Waals surface area contributed by atoms with Crippen molar-refractivity contribution in [2.45, 2.75) is 248 Å². The molecule has 3 aromatic rings. The number of carboxylic acids is 1. The van der Waals surface area contributed by atoms with Crippen molar-refractivity contribution < 1.29 is 101 Å². The maximum atomic E-state index is 15.0. The fourth-order valence-corrected chi connectivity index (χ4v) is 17.1. The number of hydrogen-bond donors (Lipinski definition) is 6. The van der Waals surface area contributed by atoms with Gasteiger partial charge in [-0.2, -0.15) is 0 Å². The van der Waals surface area contributed by atoms with E-state index in [0.717, 1.165) is 38.1 Å². The van der Waals surface area contributed by atoms with Crippen molar-refractivity contribution in [1.82, 2.24) is 45.7 Å². The molecule has 0 aliphatic carbocycles. The Kier molecular flexibility index (Phi) is 41.2. The number of fused-ring (bicyclic) bond motifs is 5. The van der Waals surface area contributed by atoms with Crippen LogP contribution in [0.4, 0.5) is 10.5 Å². The Balaban J connectivity index is 0.0000106. The number of rotatable bonds is 35. The first-order valence-electron chi connectivity index (χ1n) is 40.1. The second-order valence-electron chi connectivity index (χ2n) is 32.6. The number of likely N-dealkylation sites (N-methyl/N-ethyl adjacent to an activating group) is 3. The number of allylic oxidation sites excluding steroid dienone is 3. The number of halogens is 1. The third kappa shape index (κ3) is 28.6. The average molecular weight is 1800 g/mol. The molecule has 684 valence electrons. The summed E-state index contributed by atoms with van der Waals surface area (Å²) < 4.78 is 35.7. The van der Waals surface area contributed by atoms with Crippen LogP contribution in [0.15, 0.2) is 82.5 Å². The number of aryl methyl sites for hydroxylation is 1. The summed E-state index contributed by atoms with van der Waals surface area (Å²) in [4.78, 5) is 178. The Bertz CT molecular complexity index is 4350. The second-order valence-corrected chi connectivity index (χ2v) is 36.0. The second kappa shape index (κ2) is 47.5. The molecule has 1 aromatic heterocycles. The highest BCUT2D eigenvalue weighted by atomic mass is 35.5. The molecule has 2 unspecified atom stereocenters. The lowest BCUT2D eigenvalue weighted by atomic mass is 9.83. The molecular formula is C88H131ClN10O21S3. The van der Waals surface area contributed by atoms with Gasteiger partial charge in [-0.1, -0.05) is 118 Å². The Hall–Kier alpha value is -8.74. The number of carbonyl (C=O) groups excluding carboxylic acids is 11. The predicted octanol–water partition coefficient (Wildman–Crippen LogP) is 11.6. The lowest BCUT2D eigenvalue weighted by Crippen LogP contribution is -2.63. The fourth-order valence-electron chi connectivity index (χ4n) is 14.6. The minimum absolute atomic E-state index is 0. The first-order chi connectivity index (χ1) is 56.4. The normalized spacial score (nSPS) is 22.6. The number of methoxy groups -OCH3 is 2. The summed E-state index contributed by atoms with van der Waals surface area (Å²) in [6.07, 6.45) is 2.06. The van der Waals surface area contributed by atoms with Crippen molar-refractivity contribution in [2.24, 2.45) is 23.7 Å². The number of phenols is 1. The van der Waals surface area contributed by atoms with E-state index in [1.165, 1.54) is 88.9 Å². The quantitative estimate of drug-likeness (QED) is 0.0181. The minimum atomic E-state index is -1.92. The number of Topliss-reactive ketones (excluding diaryl/α,β-unsaturated/α-hetero) is 2. The van der Waals surface area contributed by atoms with E-state index >= 15 is 0 Å². The third-order valence-corrected chi connectivity index (χ3v) is 26.0. The number of hydrazine groups is 1. The number of anilines is 1. The minimum Gasteiger partial charge on any atom is -0.508 e. The van der Waals surface area contributed by atoms with Gasteiger partial charge in [-0.15, -0.1) is 34.9 Å². The van der Waals surface area contributed by atoms with Gasteiger partial charge in [0.25, 0.3) is 17.7 Å². The molecule has 31 nitrogen and oxygen atoms in total. The molecule has 2 aromatic carbocycles. The van der Waals surface area contributed by atoms with E-state index in [-0.39, 0.29) is 108 Å². The van der Waals surface area contributed by atoms with Crippen LogP contribution in [-0.4, -0.2) is 255 Å². The van der Waals surface area contributed by atoms with Gasteiger partial charge in [0.15, 0.2) is 23.4 Å². The molecule has 35 heteroatoms. The Morgan fingerprint density at radius 3 is 2.11 bits per heavy atom. The summed E-state index contributed by atoms with van der Waals surface area (Å²) in [5.74, 6) is -8.81. The summed E-state index contributed by atoms with van der Waals surface area (Å²) in [5, 5.41) is 47.6. The summed E-state index contributed by atoms with van der Waals surface area (Å²) in [6, 6.07) is 5.16. The smallest absolute Gasteiger partial charge is 0.409 e. The number of ether oxygens (including phenoxy) is 6. The Labute approximate surface area is 742 Å². The number of hydrogen-bond acceptors (Lipinski definition) is 26. The number of epoxide rings is 1. The number of carbonyl (C=O) groups is 12. The van der Waals surface area contributed by atoms with Crippen LogP contribution in [-0.2, 0) is 84.5 Å². The van der Waals surface area contributed by atoms with Crippen LogP contribution in [0.2, 0.25) is 5.02 Å². The van der Waals surface area contributed by atoms with Crippen LogP contribution >= 0.6 is 46.5 Å². The zero-order chi connectivity index (χ0) is 89.2. The Morgan fingerprint density at radius 1 is 0.886 bits per heavy atom.